The van der Waals surface area contributed by atoms with Crippen LogP contribution in [0.2, 0.25) is 0 Å². The van der Waals surface area contributed by atoms with Gasteiger partial charge in [-0.2, -0.15) is 0 Å². The molecule has 1 atom stereocenters. The van der Waals surface area contributed by atoms with Gasteiger partial charge in [0.25, 0.3) is 0 Å². The van der Waals surface area contributed by atoms with E-state index in [1.807, 2.05) is 0 Å². The van der Waals surface area contributed by atoms with Crippen molar-refractivity contribution >= 4 is 0 Å². The third-order valence-corrected chi connectivity index (χ3v) is 0.874. The molecule has 0 aromatic carbocycles. The summed E-state index contributed by atoms with van der Waals surface area (Å²) in [6.45, 7) is -0.430. The first-order valence-electron chi connectivity index (χ1n) is 2.67. The summed E-state index contributed by atoms with van der Waals surface area (Å²) in [5.74, 6) is 0. The molecule has 0 saturated carbocycles. The van der Waals surface area contributed by atoms with Crippen LogP contribution in [-0.2, 0) is 0 Å². The van der Waals surface area contributed by atoms with Crippen LogP contribution < -0.4 is 0 Å². The van der Waals surface area contributed by atoms with Crippen molar-refractivity contribution in [2.24, 2.45) is 0 Å². The molecule has 0 aromatic heterocycles. The molecule has 2 nitrogen and oxygen atoms in total. The van der Waals surface area contributed by atoms with Crippen LogP contribution in [0.5, 0.6) is 0 Å². The first kappa shape index (κ1) is 7.85. The molecule has 0 unspecified atom stereocenters. The van der Waals surface area contributed by atoms with E-state index in [0.717, 1.165) is 0 Å². The zero-order valence-corrected chi connectivity index (χ0v) is 4.68. The fraction of sp³-hybridized carbons (Fsp3) is 1.00. The molecular weight excluding hydrogens is 111 g/mol. The average Bonchev–Trinajstić information content (AvgIpc) is 1.83. The van der Waals surface area contributed by atoms with Gasteiger partial charge in [0.2, 0.25) is 0 Å². The number of rotatable bonds is 4. The molecule has 0 spiro atoms. The normalized spacial score (nSPS) is 13.9. The Morgan fingerprint density at radius 2 is 2.00 bits per heavy atom. The maximum Gasteiger partial charge on any atom is 0.123 e. The summed E-state index contributed by atoms with van der Waals surface area (Å²) in [7, 11) is 0. The smallest absolute Gasteiger partial charge is 0.123 e. The molecular formula is C5H11FO2. The largest absolute Gasteiger partial charge is 0.396 e. The Labute approximate surface area is 48.0 Å². The molecule has 0 fully saturated rings. The lowest BCUT2D eigenvalue weighted by Gasteiger charge is -1.99. The molecule has 0 radical (unpaired) electrons. The Hall–Kier alpha value is -0.150. The topological polar surface area (TPSA) is 40.5 Å². The minimum atomic E-state index is -1.15. The highest BCUT2D eigenvalue weighted by Crippen LogP contribution is 1.98. The van der Waals surface area contributed by atoms with Gasteiger partial charge in [-0.05, 0) is 12.8 Å². The Kier molecular flexibility index (Phi) is 4.90. The zero-order chi connectivity index (χ0) is 6.41. The van der Waals surface area contributed by atoms with Crippen molar-refractivity contribution in [3.63, 3.8) is 0 Å². The summed E-state index contributed by atoms with van der Waals surface area (Å²) in [4.78, 5) is 0. The number of halogens is 1. The third-order valence-electron chi connectivity index (χ3n) is 0.874. The van der Waals surface area contributed by atoms with Gasteiger partial charge in [0.1, 0.15) is 6.17 Å². The maximum absolute atomic E-state index is 12.0. The maximum atomic E-state index is 12.0. The second kappa shape index (κ2) is 5.00. The average molecular weight is 122 g/mol. The lowest BCUT2D eigenvalue weighted by atomic mass is 10.2. The Morgan fingerprint density at radius 1 is 1.38 bits per heavy atom. The van der Waals surface area contributed by atoms with Crippen molar-refractivity contribution < 1.29 is 14.6 Å². The van der Waals surface area contributed by atoms with Crippen LogP contribution in [0.1, 0.15) is 12.8 Å². The van der Waals surface area contributed by atoms with Crippen LogP contribution in [0.4, 0.5) is 4.39 Å². The van der Waals surface area contributed by atoms with Crippen molar-refractivity contribution in [2.45, 2.75) is 19.0 Å². The van der Waals surface area contributed by atoms with Crippen molar-refractivity contribution in [3.05, 3.63) is 0 Å². The highest BCUT2D eigenvalue weighted by Gasteiger charge is 2.01. The second-order valence-corrected chi connectivity index (χ2v) is 1.65. The predicted molar refractivity (Wildman–Crippen MR) is 28.3 cm³/mol. The van der Waals surface area contributed by atoms with Crippen LogP contribution in [0, 0.1) is 0 Å². The zero-order valence-electron chi connectivity index (χ0n) is 4.68. The molecule has 0 aliphatic heterocycles. The molecule has 3 heteroatoms. The van der Waals surface area contributed by atoms with E-state index in [0.29, 0.717) is 6.42 Å². The summed E-state index contributed by atoms with van der Waals surface area (Å²) in [5, 5.41) is 16.3. The van der Waals surface area contributed by atoms with E-state index in [9.17, 15) is 4.39 Å². The van der Waals surface area contributed by atoms with Gasteiger partial charge in [-0.15, -0.1) is 0 Å². The summed E-state index contributed by atoms with van der Waals surface area (Å²) >= 11 is 0. The van der Waals surface area contributed by atoms with Gasteiger partial charge < -0.3 is 10.2 Å². The van der Waals surface area contributed by atoms with E-state index in [2.05, 4.69) is 0 Å². The first-order valence-corrected chi connectivity index (χ1v) is 2.67. The number of alkyl halides is 1. The van der Waals surface area contributed by atoms with Crippen LogP contribution in [0.25, 0.3) is 0 Å². The van der Waals surface area contributed by atoms with Crippen molar-refractivity contribution in [1.29, 1.82) is 0 Å². The molecule has 0 bridgehead atoms. The van der Waals surface area contributed by atoms with Crippen LogP contribution >= 0.6 is 0 Å². The van der Waals surface area contributed by atoms with E-state index in [1.165, 1.54) is 0 Å². The van der Waals surface area contributed by atoms with E-state index >= 15 is 0 Å². The molecule has 0 aromatic rings. The van der Waals surface area contributed by atoms with Gasteiger partial charge in [-0.25, -0.2) is 4.39 Å². The van der Waals surface area contributed by atoms with Crippen molar-refractivity contribution in [2.75, 3.05) is 13.2 Å². The molecule has 0 aliphatic carbocycles. The first-order chi connectivity index (χ1) is 3.81. The van der Waals surface area contributed by atoms with Gasteiger partial charge >= 0.3 is 0 Å². The molecule has 0 rings (SSSR count). The molecule has 8 heavy (non-hydrogen) atoms. The highest BCUT2D eigenvalue weighted by molar-refractivity contribution is 4.51. The summed E-state index contributed by atoms with van der Waals surface area (Å²) in [6.07, 6.45) is -0.462. The minimum Gasteiger partial charge on any atom is -0.396 e. The van der Waals surface area contributed by atoms with E-state index in [1.54, 1.807) is 0 Å². The van der Waals surface area contributed by atoms with Gasteiger partial charge in [-0.1, -0.05) is 0 Å². The minimum absolute atomic E-state index is 0.000417. The lowest BCUT2D eigenvalue weighted by Crippen LogP contribution is -2.05. The van der Waals surface area contributed by atoms with Crippen molar-refractivity contribution in [1.82, 2.24) is 0 Å². The number of hydrogen-bond acceptors (Lipinski definition) is 2. The van der Waals surface area contributed by atoms with Crippen LogP contribution in [-0.4, -0.2) is 29.6 Å². The second-order valence-electron chi connectivity index (χ2n) is 1.65. The number of aliphatic hydroxyl groups is 2. The summed E-state index contributed by atoms with van der Waals surface area (Å²) in [6, 6.07) is 0. The van der Waals surface area contributed by atoms with Gasteiger partial charge in [-0.3, -0.25) is 0 Å². The Bertz CT molecular complexity index is 49.7. The fourth-order valence-electron chi connectivity index (χ4n) is 0.404. The van der Waals surface area contributed by atoms with E-state index in [4.69, 9.17) is 10.2 Å². The monoisotopic (exact) mass is 122 g/mol. The quantitative estimate of drug-likeness (QED) is 0.554. The number of aliphatic hydroxyl groups excluding tert-OH is 2. The van der Waals surface area contributed by atoms with Gasteiger partial charge in [0.05, 0.1) is 6.61 Å². The number of hydrogen-bond donors (Lipinski definition) is 2. The third kappa shape index (κ3) is 4.02. The van der Waals surface area contributed by atoms with E-state index in [-0.39, 0.29) is 13.0 Å². The van der Waals surface area contributed by atoms with Crippen LogP contribution in [0.15, 0.2) is 0 Å². The standard InChI is InChI=1S/C5H11FO2/c6-5(4-8)2-1-3-7/h5,7-8H,1-4H2/t5-/m1/s1. The Morgan fingerprint density at radius 3 is 2.38 bits per heavy atom. The fourth-order valence-corrected chi connectivity index (χ4v) is 0.404. The molecule has 0 aliphatic rings. The highest BCUT2D eigenvalue weighted by atomic mass is 19.1. The molecule has 50 valence electrons. The lowest BCUT2D eigenvalue weighted by molar-refractivity contribution is 0.158. The van der Waals surface area contributed by atoms with Gasteiger partial charge in [0, 0.05) is 6.61 Å². The van der Waals surface area contributed by atoms with Gasteiger partial charge in [0.15, 0.2) is 0 Å². The summed E-state index contributed by atoms with van der Waals surface area (Å²) < 4.78 is 12.0. The summed E-state index contributed by atoms with van der Waals surface area (Å²) in [5.41, 5.74) is 0. The predicted octanol–water partition coefficient (Wildman–Crippen LogP) is 0.0893. The van der Waals surface area contributed by atoms with E-state index < -0.39 is 12.8 Å². The Balaban J connectivity index is 2.86. The van der Waals surface area contributed by atoms with Crippen molar-refractivity contribution in [3.8, 4) is 0 Å². The van der Waals surface area contributed by atoms with Crippen LogP contribution in [0.3, 0.4) is 0 Å². The SMILES string of the molecule is OCCC[C@@H](F)CO. The molecule has 0 saturated heterocycles. The molecule has 2 N–H and O–H groups in total. The molecule has 0 heterocycles. The molecule has 0 amide bonds.